The van der Waals surface area contributed by atoms with Crippen LogP contribution in [0.15, 0.2) is 90.2 Å². The lowest BCUT2D eigenvalue weighted by atomic mass is 9.97. The number of alkyl halides is 3. The van der Waals surface area contributed by atoms with Gasteiger partial charge < -0.3 is 28.4 Å². The number of nitriles is 1. The van der Waals surface area contributed by atoms with Gasteiger partial charge in [-0.15, -0.1) is 0 Å². The van der Waals surface area contributed by atoms with Crippen LogP contribution in [0.2, 0.25) is 0 Å². The number of ether oxygens (including phenoxy) is 6. The fourth-order valence-electron chi connectivity index (χ4n) is 6.42. The summed E-state index contributed by atoms with van der Waals surface area (Å²) in [4.78, 5) is 10.6. The minimum Gasteiger partial charge on any atom is -0.455 e. The number of likely N-dealkylation sites (tertiary alicyclic amines) is 1. The predicted octanol–water partition coefficient (Wildman–Crippen LogP) is 7.43. The average Bonchev–Trinajstić information content (AvgIpc) is 3.77. The number of hydrogen-bond donors (Lipinski definition) is 1. The van der Waals surface area contributed by atoms with E-state index in [1.54, 1.807) is 43.6 Å². The second-order valence-electron chi connectivity index (χ2n) is 13.7. The van der Waals surface area contributed by atoms with Gasteiger partial charge in [-0.3, -0.25) is 14.6 Å². The lowest BCUT2D eigenvalue weighted by Crippen LogP contribution is -2.37. The van der Waals surface area contributed by atoms with Crippen molar-refractivity contribution < 1.29 is 50.0 Å². The van der Waals surface area contributed by atoms with Crippen molar-refractivity contribution in [3.05, 3.63) is 102 Å². The molecule has 2 aromatic heterocycles. The first kappa shape index (κ1) is 45.5. The first-order chi connectivity index (χ1) is 29.5. The Morgan fingerprint density at radius 2 is 1.54 bits per heavy atom. The second-order valence-corrected chi connectivity index (χ2v) is 16.2. The van der Waals surface area contributed by atoms with E-state index < -0.39 is 21.8 Å². The van der Waals surface area contributed by atoms with Crippen LogP contribution in [0.3, 0.4) is 0 Å². The van der Waals surface area contributed by atoms with Crippen molar-refractivity contribution in [2.24, 2.45) is 0 Å². The molecular formula is C42H45F3N6O8S2. The lowest BCUT2D eigenvalue weighted by Gasteiger charge is -2.31. The molecule has 0 aliphatic carbocycles. The molecule has 0 spiro atoms. The molecule has 1 aliphatic rings. The van der Waals surface area contributed by atoms with Crippen molar-refractivity contribution in [3.63, 3.8) is 0 Å². The van der Waals surface area contributed by atoms with Gasteiger partial charge in [0.2, 0.25) is 5.13 Å². The summed E-state index contributed by atoms with van der Waals surface area (Å²) in [5.74, 6) is 0.353. The van der Waals surface area contributed by atoms with Gasteiger partial charge in [-0.2, -0.15) is 22.8 Å². The van der Waals surface area contributed by atoms with E-state index in [1.807, 2.05) is 12.1 Å². The van der Waals surface area contributed by atoms with Crippen LogP contribution in [0.4, 0.5) is 18.3 Å². The quantitative estimate of drug-likeness (QED) is 0.0683. The average molecular weight is 883 g/mol. The van der Waals surface area contributed by atoms with E-state index in [2.05, 4.69) is 24.0 Å². The molecule has 0 saturated carbocycles. The largest absolute Gasteiger partial charge is 0.455 e. The van der Waals surface area contributed by atoms with E-state index in [4.69, 9.17) is 28.4 Å². The normalized spacial score (nSPS) is 13.9. The standard InChI is InChI=1S/C42H45F3N6O8S2/c1-54-15-16-55-17-18-56-19-20-57-21-22-58-36-10-13-51(14-11-36)28-35-24-32(9-12-47-35)38-26-31(30-3-2-4-34(23-30)42(43,44)45)5-7-40(38)59-39-8-6-37(25-33(39)27-46)61(52,53)50-41-48-29-49-60-41/h2-9,12,23-26,29,36H,10-11,13-22,28H2,1H3,(H,48,49,50). The summed E-state index contributed by atoms with van der Waals surface area (Å²) in [5, 5.41) is 10.1. The third kappa shape index (κ3) is 13.5. The van der Waals surface area contributed by atoms with Crippen LogP contribution in [-0.2, 0) is 46.4 Å². The van der Waals surface area contributed by atoms with E-state index in [9.17, 15) is 26.9 Å². The van der Waals surface area contributed by atoms with Crippen molar-refractivity contribution in [3.8, 4) is 39.8 Å². The Bertz CT molecular complexity index is 2320. The molecule has 19 heteroatoms. The van der Waals surface area contributed by atoms with Gasteiger partial charge in [-0.1, -0.05) is 18.2 Å². The number of nitrogens with one attached hydrogen (secondary N) is 1. The van der Waals surface area contributed by atoms with E-state index in [1.165, 1.54) is 30.6 Å². The Hall–Kier alpha value is -5.04. The summed E-state index contributed by atoms with van der Waals surface area (Å²) in [6.07, 6.45) is 0.119. The summed E-state index contributed by atoms with van der Waals surface area (Å²) in [6, 6.07) is 19.5. The molecule has 0 atom stereocenters. The zero-order valence-electron chi connectivity index (χ0n) is 33.3. The number of halogens is 3. The predicted molar refractivity (Wildman–Crippen MR) is 221 cm³/mol. The van der Waals surface area contributed by atoms with Gasteiger partial charge in [-0.05, 0) is 84.1 Å². The summed E-state index contributed by atoms with van der Waals surface area (Å²) in [5.41, 5.74) is 1.94. The number of rotatable bonds is 22. The maximum Gasteiger partial charge on any atom is 0.416 e. The van der Waals surface area contributed by atoms with Crippen LogP contribution in [0.25, 0.3) is 22.3 Å². The molecular weight excluding hydrogens is 838 g/mol. The first-order valence-electron chi connectivity index (χ1n) is 19.4. The molecule has 61 heavy (non-hydrogen) atoms. The van der Waals surface area contributed by atoms with Gasteiger partial charge in [0.25, 0.3) is 10.0 Å². The molecule has 0 amide bonds. The Labute approximate surface area is 356 Å². The van der Waals surface area contributed by atoms with E-state index in [0.717, 1.165) is 55.3 Å². The maximum atomic E-state index is 13.7. The van der Waals surface area contributed by atoms with Gasteiger partial charge >= 0.3 is 6.18 Å². The van der Waals surface area contributed by atoms with Crippen LogP contribution in [0.1, 0.15) is 29.7 Å². The van der Waals surface area contributed by atoms with E-state index in [-0.39, 0.29) is 33.2 Å². The molecule has 3 heterocycles. The van der Waals surface area contributed by atoms with Crippen molar-refractivity contribution in [2.75, 3.05) is 77.8 Å². The van der Waals surface area contributed by atoms with Crippen LogP contribution >= 0.6 is 11.5 Å². The Morgan fingerprint density at radius 3 is 2.23 bits per heavy atom. The topological polar surface area (TPSA) is 167 Å². The Morgan fingerprint density at radius 1 is 0.836 bits per heavy atom. The van der Waals surface area contributed by atoms with Gasteiger partial charge in [0.05, 0.1) is 80.7 Å². The molecule has 14 nitrogen and oxygen atoms in total. The van der Waals surface area contributed by atoms with Gasteiger partial charge in [0.1, 0.15) is 23.9 Å². The van der Waals surface area contributed by atoms with E-state index >= 15 is 0 Å². The molecule has 1 aliphatic heterocycles. The van der Waals surface area contributed by atoms with Gasteiger partial charge in [-0.25, -0.2) is 13.4 Å². The Balaban J connectivity index is 1.12. The van der Waals surface area contributed by atoms with Crippen molar-refractivity contribution in [1.82, 2.24) is 19.2 Å². The molecule has 6 rings (SSSR count). The van der Waals surface area contributed by atoms with Crippen molar-refractivity contribution in [2.45, 2.75) is 36.6 Å². The van der Waals surface area contributed by atoms with Gasteiger partial charge in [0.15, 0.2) is 0 Å². The monoisotopic (exact) mass is 882 g/mol. The molecule has 1 fully saturated rings. The summed E-state index contributed by atoms with van der Waals surface area (Å²) < 4.78 is 107. The third-order valence-corrected chi connectivity index (χ3v) is 11.5. The zero-order valence-corrected chi connectivity index (χ0v) is 34.9. The molecule has 0 bridgehead atoms. The highest BCUT2D eigenvalue weighted by atomic mass is 32.2. The SMILES string of the molecule is COCCOCCOCCOCCOC1CCN(Cc2cc(-c3cc(-c4cccc(C(F)(F)F)c4)ccc3Oc3ccc(S(=O)(=O)Nc4ncns4)cc3C#N)ccn2)CC1. The highest BCUT2D eigenvalue weighted by Crippen LogP contribution is 2.40. The van der Waals surface area contributed by atoms with Crippen LogP contribution in [0.5, 0.6) is 11.5 Å². The third-order valence-electron chi connectivity index (χ3n) is 9.49. The molecule has 1 N–H and O–H groups in total. The number of hydrogen-bond acceptors (Lipinski definition) is 14. The molecule has 3 aromatic carbocycles. The molecule has 0 unspecified atom stereocenters. The summed E-state index contributed by atoms with van der Waals surface area (Å²) in [7, 11) is -2.47. The van der Waals surface area contributed by atoms with Gasteiger partial charge in [0, 0.05) is 50.0 Å². The summed E-state index contributed by atoms with van der Waals surface area (Å²) >= 11 is 0.858. The van der Waals surface area contributed by atoms with Crippen LogP contribution < -0.4 is 9.46 Å². The smallest absolute Gasteiger partial charge is 0.416 e. The fourth-order valence-corrected chi connectivity index (χ4v) is 8.10. The first-order valence-corrected chi connectivity index (χ1v) is 21.6. The number of anilines is 1. The van der Waals surface area contributed by atoms with Crippen LogP contribution in [0, 0.1) is 11.3 Å². The lowest BCUT2D eigenvalue weighted by molar-refractivity contribution is -0.137. The number of benzene rings is 3. The van der Waals surface area contributed by atoms with Crippen LogP contribution in [-0.4, -0.2) is 107 Å². The minimum atomic E-state index is -4.53. The number of piperidine rings is 1. The van der Waals surface area contributed by atoms with Crippen molar-refractivity contribution in [1.29, 1.82) is 5.26 Å². The number of sulfonamides is 1. The molecule has 324 valence electrons. The number of pyridine rings is 1. The molecule has 1 saturated heterocycles. The highest BCUT2D eigenvalue weighted by molar-refractivity contribution is 7.93. The molecule has 5 aromatic rings. The number of nitrogens with zero attached hydrogens (tertiary/aromatic N) is 5. The minimum absolute atomic E-state index is 0.0617. The second kappa shape index (κ2) is 22.2. The highest BCUT2D eigenvalue weighted by Gasteiger charge is 2.30. The zero-order chi connectivity index (χ0) is 43.1. The summed E-state index contributed by atoms with van der Waals surface area (Å²) in [6.45, 7) is 6.13. The number of methoxy groups -OCH3 is 1. The Kier molecular flexibility index (Phi) is 16.5. The molecule has 0 radical (unpaired) electrons. The van der Waals surface area contributed by atoms with Crippen molar-refractivity contribution >= 4 is 26.7 Å². The fraction of sp³-hybridized carbons (Fsp3) is 0.381. The maximum absolute atomic E-state index is 13.7. The van der Waals surface area contributed by atoms with E-state index in [0.29, 0.717) is 81.7 Å². The number of aromatic nitrogens is 3.